The maximum Gasteiger partial charge on any atom is 0.414 e. The van der Waals surface area contributed by atoms with E-state index in [4.69, 9.17) is 4.74 Å². The normalized spacial score (nSPS) is 22.3. The average molecular weight is 328 g/mol. The summed E-state index contributed by atoms with van der Waals surface area (Å²) in [6.45, 7) is 0.456. The summed E-state index contributed by atoms with van der Waals surface area (Å²) < 4.78 is 39.8. The van der Waals surface area contributed by atoms with Crippen molar-refractivity contribution in [3.8, 4) is 0 Å². The van der Waals surface area contributed by atoms with E-state index in [0.29, 0.717) is 17.9 Å². The lowest BCUT2D eigenvalue weighted by Gasteiger charge is -2.19. The van der Waals surface area contributed by atoms with Gasteiger partial charge in [0.1, 0.15) is 11.9 Å². The highest BCUT2D eigenvalue weighted by molar-refractivity contribution is 7.87. The van der Waals surface area contributed by atoms with E-state index in [1.807, 2.05) is 0 Å². The smallest absolute Gasteiger partial charge is 0.414 e. The van der Waals surface area contributed by atoms with Crippen LogP contribution < -0.4 is 9.80 Å². The van der Waals surface area contributed by atoms with Gasteiger partial charge in [-0.2, -0.15) is 8.42 Å². The van der Waals surface area contributed by atoms with Gasteiger partial charge in [-0.05, 0) is 18.2 Å². The third kappa shape index (κ3) is 2.63. The summed E-state index contributed by atoms with van der Waals surface area (Å²) in [7, 11) is -4.76. The summed E-state index contributed by atoms with van der Waals surface area (Å²) in [5, 5.41) is -1.35. The quantitative estimate of drug-likeness (QED) is 0.774. The van der Waals surface area contributed by atoms with Gasteiger partial charge in [0.15, 0.2) is 0 Å². The molecule has 2 saturated heterocycles. The van der Waals surface area contributed by atoms with Crippen molar-refractivity contribution in [2.45, 2.75) is 11.7 Å². The summed E-state index contributed by atoms with van der Waals surface area (Å²) in [6.07, 6.45) is -0.858. The molecule has 2 heterocycles. The summed E-state index contributed by atoms with van der Waals surface area (Å²) in [6, 6.07) is 6.51. The number of halogens is 1. The number of benzene rings is 1. The highest BCUT2D eigenvalue weighted by Gasteiger charge is 2.39. The standard InChI is InChI=1S/C13H13FN2O5S/c14-22(19,20)11-7-12(17)16(8-11)10-3-1-2-9(6-10)15-4-5-21-13(15)18/h1-3,6,11H,4-5,7-8H2. The molecule has 0 N–H and O–H groups in total. The molecule has 0 bridgehead atoms. The molecule has 9 heteroatoms. The van der Waals surface area contributed by atoms with Gasteiger partial charge in [0.25, 0.3) is 0 Å². The summed E-state index contributed by atoms with van der Waals surface area (Å²) in [4.78, 5) is 26.1. The first kappa shape index (κ1) is 14.8. The molecule has 7 nitrogen and oxygen atoms in total. The van der Waals surface area contributed by atoms with Crippen molar-refractivity contribution in [2.75, 3.05) is 29.5 Å². The topological polar surface area (TPSA) is 84.0 Å². The molecule has 1 atom stereocenters. The number of cyclic esters (lactones) is 1. The second-order valence-electron chi connectivity index (χ2n) is 5.09. The molecule has 1 unspecified atom stereocenters. The Balaban J connectivity index is 1.87. The van der Waals surface area contributed by atoms with Crippen LogP contribution in [-0.2, 0) is 19.8 Å². The predicted molar refractivity (Wildman–Crippen MR) is 75.9 cm³/mol. The Labute approximate surface area is 126 Å². The van der Waals surface area contributed by atoms with Crippen LogP contribution in [0.25, 0.3) is 0 Å². The van der Waals surface area contributed by atoms with Crippen molar-refractivity contribution in [3.63, 3.8) is 0 Å². The van der Waals surface area contributed by atoms with E-state index >= 15 is 0 Å². The molecule has 3 rings (SSSR count). The van der Waals surface area contributed by atoms with Crippen LogP contribution in [0.4, 0.5) is 20.1 Å². The van der Waals surface area contributed by atoms with Gasteiger partial charge in [0.2, 0.25) is 5.91 Å². The molecule has 118 valence electrons. The molecule has 0 saturated carbocycles. The summed E-state index contributed by atoms with van der Waals surface area (Å²) >= 11 is 0. The van der Waals surface area contributed by atoms with Crippen LogP contribution in [0.3, 0.4) is 0 Å². The van der Waals surface area contributed by atoms with Crippen molar-refractivity contribution in [2.24, 2.45) is 0 Å². The fourth-order valence-corrected chi connectivity index (χ4v) is 3.24. The zero-order valence-corrected chi connectivity index (χ0v) is 12.3. The predicted octanol–water partition coefficient (Wildman–Crippen LogP) is 1.05. The lowest BCUT2D eigenvalue weighted by molar-refractivity contribution is -0.117. The average Bonchev–Trinajstić information content (AvgIpc) is 3.04. The molecule has 0 radical (unpaired) electrons. The van der Waals surface area contributed by atoms with Gasteiger partial charge in [0, 0.05) is 24.3 Å². The second kappa shape index (κ2) is 5.24. The van der Waals surface area contributed by atoms with Crippen LogP contribution in [0, 0.1) is 0 Å². The van der Waals surface area contributed by atoms with Gasteiger partial charge < -0.3 is 9.64 Å². The number of ether oxygens (including phenoxy) is 1. The molecule has 1 aromatic rings. The van der Waals surface area contributed by atoms with Gasteiger partial charge in [0.05, 0.1) is 6.54 Å². The molecule has 2 aliphatic heterocycles. The Morgan fingerprint density at radius 2 is 1.86 bits per heavy atom. The third-order valence-electron chi connectivity index (χ3n) is 3.70. The highest BCUT2D eigenvalue weighted by Crippen LogP contribution is 2.29. The Morgan fingerprint density at radius 1 is 1.18 bits per heavy atom. The molecular formula is C13H13FN2O5S. The van der Waals surface area contributed by atoms with Crippen LogP contribution in [0.2, 0.25) is 0 Å². The molecule has 0 aliphatic carbocycles. The fraction of sp³-hybridized carbons (Fsp3) is 0.385. The fourth-order valence-electron chi connectivity index (χ4n) is 2.57. The van der Waals surface area contributed by atoms with Gasteiger partial charge >= 0.3 is 16.3 Å². The summed E-state index contributed by atoms with van der Waals surface area (Å²) in [5.74, 6) is -0.465. The lowest BCUT2D eigenvalue weighted by atomic mass is 10.2. The van der Waals surface area contributed by atoms with Gasteiger partial charge in [-0.3, -0.25) is 9.69 Å². The van der Waals surface area contributed by atoms with Gasteiger partial charge in [-0.25, -0.2) is 4.79 Å². The highest BCUT2D eigenvalue weighted by atomic mass is 32.3. The van der Waals surface area contributed by atoms with Crippen LogP contribution in [-0.4, -0.2) is 45.4 Å². The Morgan fingerprint density at radius 3 is 2.41 bits per heavy atom. The first-order valence-corrected chi connectivity index (χ1v) is 8.09. The second-order valence-corrected chi connectivity index (χ2v) is 6.71. The minimum Gasteiger partial charge on any atom is -0.447 e. The molecule has 1 aromatic carbocycles. The minimum absolute atomic E-state index is 0.231. The SMILES string of the molecule is O=C1CC(S(=O)(=O)F)CN1c1cccc(N2CCOC2=O)c1. The number of amides is 2. The van der Waals surface area contributed by atoms with E-state index in [0.717, 1.165) is 0 Å². The zero-order valence-electron chi connectivity index (χ0n) is 11.4. The van der Waals surface area contributed by atoms with Crippen molar-refractivity contribution >= 4 is 33.6 Å². The Kier molecular flexibility index (Phi) is 3.51. The van der Waals surface area contributed by atoms with Crippen LogP contribution in [0.15, 0.2) is 24.3 Å². The van der Waals surface area contributed by atoms with E-state index in [1.165, 1.54) is 9.80 Å². The molecule has 2 aliphatic rings. The van der Waals surface area contributed by atoms with Gasteiger partial charge in [-0.1, -0.05) is 6.07 Å². The number of hydrogen-bond donors (Lipinski definition) is 0. The van der Waals surface area contributed by atoms with Crippen LogP contribution in [0.5, 0.6) is 0 Å². The van der Waals surface area contributed by atoms with Crippen molar-refractivity contribution < 1.29 is 26.6 Å². The number of carbonyl (C=O) groups is 2. The molecular weight excluding hydrogens is 315 g/mol. The van der Waals surface area contributed by atoms with Crippen molar-refractivity contribution in [1.29, 1.82) is 0 Å². The van der Waals surface area contributed by atoms with E-state index in [1.54, 1.807) is 24.3 Å². The maximum atomic E-state index is 13.1. The van der Waals surface area contributed by atoms with E-state index in [2.05, 4.69) is 0 Å². The number of hydrogen-bond acceptors (Lipinski definition) is 5. The molecule has 22 heavy (non-hydrogen) atoms. The number of anilines is 2. The van der Waals surface area contributed by atoms with E-state index in [9.17, 15) is 21.9 Å². The monoisotopic (exact) mass is 328 g/mol. The zero-order chi connectivity index (χ0) is 15.9. The van der Waals surface area contributed by atoms with Crippen LogP contribution >= 0.6 is 0 Å². The van der Waals surface area contributed by atoms with E-state index < -0.39 is 27.5 Å². The maximum absolute atomic E-state index is 13.1. The minimum atomic E-state index is -4.76. The largest absolute Gasteiger partial charge is 0.447 e. The number of carbonyl (C=O) groups excluding carboxylic acids is 2. The van der Waals surface area contributed by atoms with E-state index in [-0.39, 0.29) is 19.6 Å². The Bertz CT molecular complexity index is 736. The first-order chi connectivity index (χ1) is 10.4. The first-order valence-electron chi connectivity index (χ1n) is 6.64. The van der Waals surface area contributed by atoms with Crippen LogP contribution in [0.1, 0.15) is 6.42 Å². The molecule has 2 amide bonds. The third-order valence-corrected chi connectivity index (χ3v) is 4.81. The van der Waals surface area contributed by atoms with Crippen molar-refractivity contribution in [1.82, 2.24) is 0 Å². The van der Waals surface area contributed by atoms with Crippen molar-refractivity contribution in [3.05, 3.63) is 24.3 Å². The summed E-state index contributed by atoms with van der Waals surface area (Å²) in [5.41, 5.74) is 0.965. The number of rotatable bonds is 3. The molecule has 0 aromatic heterocycles. The number of nitrogens with zero attached hydrogens (tertiary/aromatic N) is 2. The molecule has 0 spiro atoms. The lowest BCUT2D eigenvalue weighted by Crippen LogP contribution is -2.28. The Hall–Kier alpha value is -2.16. The molecule has 2 fully saturated rings. The van der Waals surface area contributed by atoms with Gasteiger partial charge in [-0.15, -0.1) is 3.89 Å².